The summed E-state index contributed by atoms with van der Waals surface area (Å²) in [6, 6.07) is 16.9. The van der Waals surface area contributed by atoms with Gasteiger partial charge in [0.2, 0.25) is 0 Å². The highest BCUT2D eigenvalue weighted by atomic mass is 16.2. The zero-order valence-electron chi connectivity index (χ0n) is 17.2. The van der Waals surface area contributed by atoms with Gasteiger partial charge in [-0.2, -0.15) is 0 Å². The molecule has 154 valence electrons. The number of carbonyl (C=O) groups excluding carboxylic acids is 1. The monoisotopic (exact) mass is 391 g/mol. The Morgan fingerprint density at radius 1 is 1.03 bits per heavy atom. The second-order valence-electron chi connectivity index (χ2n) is 8.62. The maximum Gasteiger partial charge on any atom is 0.253 e. The van der Waals surface area contributed by atoms with Crippen molar-refractivity contribution in [2.45, 2.75) is 43.9 Å². The number of hydrogen-bond donors (Lipinski definition) is 2. The maximum absolute atomic E-state index is 13.2. The van der Waals surface area contributed by atoms with E-state index in [1.165, 1.54) is 23.1 Å². The first kappa shape index (κ1) is 20.1. The predicted molar refractivity (Wildman–Crippen MR) is 118 cm³/mol. The summed E-state index contributed by atoms with van der Waals surface area (Å²) < 4.78 is 0. The summed E-state index contributed by atoms with van der Waals surface area (Å²) in [5.74, 6) is 1.48. The Labute approximate surface area is 174 Å². The average molecular weight is 392 g/mol. The van der Waals surface area contributed by atoms with E-state index in [4.69, 9.17) is 11.5 Å². The molecule has 4 heteroatoms. The summed E-state index contributed by atoms with van der Waals surface area (Å²) in [5.41, 5.74) is 16.9. The number of carbonyl (C=O) groups is 1. The van der Waals surface area contributed by atoms with Crippen molar-refractivity contribution in [1.82, 2.24) is 4.90 Å². The molecular formula is C25H33N3O. The molecule has 2 aromatic rings. The normalized spacial score (nSPS) is 20.9. The molecule has 1 heterocycles. The van der Waals surface area contributed by atoms with Crippen LogP contribution in [0.1, 0.15) is 64.6 Å². The summed E-state index contributed by atoms with van der Waals surface area (Å²) in [4.78, 5) is 15.2. The molecule has 0 radical (unpaired) electrons. The molecule has 2 aromatic carbocycles. The minimum Gasteiger partial charge on any atom is -0.339 e. The van der Waals surface area contributed by atoms with Gasteiger partial charge in [0.1, 0.15) is 0 Å². The van der Waals surface area contributed by atoms with Gasteiger partial charge in [-0.25, -0.2) is 0 Å². The zero-order chi connectivity index (χ0) is 20.2. The molecule has 1 aliphatic heterocycles. The van der Waals surface area contributed by atoms with E-state index in [1.54, 1.807) is 0 Å². The molecule has 1 fully saturated rings. The summed E-state index contributed by atoms with van der Waals surface area (Å²) in [6.07, 6.45) is 5.45. The molecule has 4 nitrogen and oxygen atoms in total. The van der Waals surface area contributed by atoms with E-state index >= 15 is 0 Å². The molecule has 2 unspecified atom stereocenters. The van der Waals surface area contributed by atoms with Crippen LogP contribution in [-0.2, 0) is 6.42 Å². The van der Waals surface area contributed by atoms with E-state index < -0.39 is 0 Å². The Hall–Kier alpha value is -2.17. The summed E-state index contributed by atoms with van der Waals surface area (Å²) in [7, 11) is 0. The quantitative estimate of drug-likeness (QED) is 0.817. The first-order valence-electron chi connectivity index (χ1n) is 11.1. The van der Waals surface area contributed by atoms with Crippen molar-refractivity contribution >= 4 is 5.91 Å². The van der Waals surface area contributed by atoms with Gasteiger partial charge in [0, 0.05) is 18.7 Å². The fourth-order valence-electron chi connectivity index (χ4n) is 5.26. The number of amides is 1. The standard InChI is InChI=1S/C25H33N3O/c26-16-22-8-4-7-19-9-10-21(15-23(19)22)25(29)28-13-11-20(12-14-28)24(17-27)18-5-2-1-3-6-18/h1-3,5-6,9-10,15,20,22,24H,4,7-8,11-14,16-17,26-27H2. The van der Waals surface area contributed by atoms with E-state index in [-0.39, 0.29) is 5.91 Å². The molecule has 2 atom stereocenters. The van der Waals surface area contributed by atoms with Crippen LogP contribution < -0.4 is 11.5 Å². The Balaban J connectivity index is 1.43. The zero-order valence-corrected chi connectivity index (χ0v) is 17.2. The molecule has 29 heavy (non-hydrogen) atoms. The number of nitrogens with zero attached hydrogens (tertiary/aromatic N) is 1. The Bertz CT molecular complexity index is 827. The predicted octanol–water partition coefficient (Wildman–Crippen LogP) is 3.66. The number of aryl methyl sites for hydroxylation is 1. The Kier molecular flexibility index (Phi) is 6.31. The van der Waals surface area contributed by atoms with Crippen molar-refractivity contribution in [2.75, 3.05) is 26.2 Å². The van der Waals surface area contributed by atoms with E-state index in [2.05, 4.69) is 36.4 Å². The van der Waals surface area contributed by atoms with Gasteiger partial charge in [-0.3, -0.25) is 4.79 Å². The highest BCUT2D eigenvalue weighted by Gasteiger charge is 2.29. The molecular weight excluding hydrogens is 358 g/mol. The van der Waals surface area contributed by atoms with E-state index in [0.29, 0.717) is 30.8 Å². The molecule has 4 N–H and O–H groups in total. The van der Waals surface area contributed by atoms with Crippen LogP contribution in [0.2, 0.25) is 0 Å². The highest BCUT2D eigenvalue weighted by molar-refractivity contribution is 5.94. The highest BCUT2D eigenvalue weighted by Crippen LogP contribution is 2.34. The fourth-order valence-corrected chi connectivity index (χ4v) is 5.26. The molecule has 0 spiro atoms. The third-order valence-corrected chi connectivity index (χ3v) is 6.99. The molecule has 4 rings (SSSR count). The van der Waals surface area contributed by atoms with Gasteiger partial charge in [0.15, 0.2) is 0 Å². The summed E-state index contributed by atoms with van der Waals surface area (Å²) in [6.45, 7) is 2.94. The van der Waals surface area contributed by atoms with Gasteiger partial charge in [0.25, 0.3) is 5.91 Å². The van der Waals surface area contributed by atoms with Crippen molar-refractivity contribution in [3.63, 3.8) is 0 Å². The van der Waals surface area contributed by atoms with Crippen LogP contribution in [0, 0.1) is 5.92 Å². The second kappa shape index (κ2) is 9.10. The van der Waals surface area contributed by atoms with Crippen molar-refractivity contribution in [1.29, 1.82) is 0 Å². The lowest BCUT2D eigenvalue weighted by Crippen LogP contribution is -2.40. The SMILES string of the molecule is NCC1CCCc2ccc(C(=O)N3CCC(C(CN)c4ccccc4)CC3)cc21. The van der Waals surface area contributed by atoms with Gasteiger partial charge in [-0.05, 0) is 91.8 Å². The molecule has 0 bridgehead atoms. The smallest absolute Gasteiger partial charge is 0.253 e. The lowest BCUT2D eigenvalue weighted by Gasteiger charge is -2.36. The lowest BCUT2D eigenvalue weighted by molar-refractivity contribution is 0.0678. The van der Waals surface area contributed by atoms with Crippen molar-refractivity contribution in [3.8, 4) is 0 Å². The van der Waals surface area contributed by atoms with Crippen molar-refractivity contribution < 1.29 is 4.79 Å². The lowest BCUT2D eigenvalue weighted by atomic mass is 9.80. The van der Waals surface area contributed by atoms with Crippen LogP contribution in [0.25, 0.3) is 0 Å². The molecule has 0 aromatic heterocycles. The number of nitrogens with two attached hydrogens (primary N) is 2. The number of fused-ring (bicyclic) bond motifs is 1. The number of benzene rings is 2. The second-order valence-corrected chi connectivity index (χ2v) is 8.62. The van der Waals surface area contributed by atoms with Gasteiger partial charge in [-0.1, -0.05) is 36.4 Å². The fraction of sp³-hybridized carbons (Fsp3) is 0.480. The number of likely N-dealkylation sites (tertiary alicyclic amines) is 1. The van der Waals surface area contributed by atoms with Gasteiger partial charge < -0.3 is 16.4 Å². The molecule has 1 saturated heterocycles. The van der Waals surface area contributed by atoms with Crippen LogP contribution >= 0.6 is 0 Å². The number of rotatable bonds is 5. The van der Waals surface area contributed by atoms with Crippen LogP contribution in [0.3, 0.4) is 0 Å². The van der Waals surface area contributed by atoms with Gasteiger partial charge >= 0.3 is 0 Å². The molecule has 0 saturated carbocycles. The van der Waals surface area contributed by atoms with Crippen LogP contribution in [-0.4, -0.2) is 37.0 Å². The number of piperidine rings is 1. The third kappa shape index (κ3) is 4.24. The molecule has 1 aliphatic carbocycles. The average Bonchev–Trinajstić information content (AvgIpc) is 2.79. The van der Waals surface area contributed by atoms with E-state index in [1.807, 2.05) is 17.0 Å². The van der Waals surface area contributed by atoms with Crippen molar-refractivity contribution in [3.05, 3.63) is 70.8 Å². The van der Waals surface area contributed by atoms with Crippen molar-refractivity contribution in [2.24, 2.45) is 17.4 Å². The van der Waals surface area contributed by atoms with Crippen LogP contribution in [0.15, 0.2) is 48.5 Å². The number of hydrogen-bond acceptors (Lipinski definition) is 3. The summed E-state index contributed by atoms with van der Waals surface area (Å²) >= 11 is 0. The Morgan fingerprint density at radius 3 is 2.48 bits per heavy atom. The van der Waals surface area contributed by atoms with Gasteiger partial charge in [-0.15, -0.1) is 0 Å². The van der Waals surface area contributed by atoms with E-state index in [0.717, 1.165) is 44.3 Å². The minimum absolute atomic E-state index is 0.164. The van der Waals surface area contributed by atoms with Crippen LogP contribution in [0.5, 0.6) is 0 Å². The molecule has 1 amide bonds. The largest absolute Gasteiger partial charge is 0.339 e. The van der Waals surface area contributed by atoms with E-state index in [9.17, 15) is 4.79 Å². The topological polar surface area (TPSA) is 72.4 Å². The Morgan fingerprint density at radius 2 is 1.79 bits per heavy atom. The maximum atomic E-state index is 13.2. The molecule has 2 aliphatic rings. The van der Waals surface area contributed by atoms with Gasteiger partial charge in [0.05, 0.1) is 0 Å². The third-order valence-electron chi connectivity index (χ3n) is 6.99. The summed E-state index contributed by atoms with van der Waals surface area (Å²) in [5, 5.41) is 0. The first-order valence-corrected chi connectivity index (χ1v) is 11.1. The first-order chi connectivity index (χ1) is 14.2. The van der Waals surface area contributed by atoms with Crippen LogP contribution in [0.4, 0.5) is 0 Å². The minimum atomic E-state index is 0.164.